The molecular weight excluding hydrogens is 202 g/mol. The van der Waals surface area contributed by atoms with Gasteiger partial charge < -0.3 is 0 Å². The highest BCUT2D eigenvalue weighted by Crippen LogP contribution is 2.18. The number of nitriles is 1. The van der Waals surface area contributed by atoms with Crippen LogP contribution in [0.15, 0.2) is 22.7 Å². The topological polar surface area (TPSA) is 23.8 Å². The minimum Gasteiger partial charge on any atom is -0.198 e. The Bertz CT molecular complexity index is 299. The van der Waals surface area contributed by atoms with Gasteiger partial charge in [-0.3, -0.25) is 0 Å². The van der Waals surface area contributed by atoms with Gasteiger partial charge in [-0.05, 0) is 24.1 Å². The van der Waals surface area contributed by atoms with Crippen LogP contribution in [0.2, 0.25) is 0 Å². The van der Waals surface area contributed by atoms with Gasteiger partial charge in [0, 0.05) is 4.47 Å². The third-order valence-electron chi connectivity index (χ3n) is 1.48. The summed E-state index contributed by atoms with van der Waals surface area (Å²) in [5, 5.41) is 8.44. The molecule has 0 bridgehead atoms. The van der Waals surface area contributed by atoms with Crippen LogP contribution >= 0.6 is 15.9 Å². The van der Waals surface area contributed by atoms with Crippen LogP contribution in [-0.2, 0) is 6.42 Å². The first-order valence-electron chi connectivity index (χ1n) is 3.36. The maximum atomic E-state index is 8.44. The third kappa shape index (κ3) is 2.06. The summed E-state index contributed by atoms with van der Waals surface area (Å²) in [6.45, 7) is 2.03. The molecular formula is C9H8BrN. The van der Waals surface area contributed by atoms with E-state index in [1.807, 2.05) is 25.1 Å². The highest BCUT2D eigenvalue weighted by molar-refractivity contribution is 9.10. The lowest BCUT2D eigenvalue weighted by molar-refractivity contribution is 1.23. The minimum absolute atomic E-state index is 0.473. The van der Waals surface area contributed by atoms with Gasteiger partial charge in [0.05, 0.1) is 12.5 Å². The molecule has 0 spiro atoms. The molecule has 0 aliphatic rings. The Morgan fingerprint density at radius 2 is 2.27 bits per heavy atom. The lowest BCUT2D eigenvalue weighted by Crippen LogP contribution is -1.83. The van der Waals surface area contributed by atoms with Crippen molar-refractivity contribution in [1.82, 2.24) is 0 Å². The highest BCUT2D eigenvalue weighted by atomic mass is 79.9. The van der Waals surface area contributed by atoms with Crippen LogP contribution < -0.4 is 0 Å². The Morgan fingerprint density at radius 1 is 1.55 bits per heavy atom. The summed E-state index contributed by atoms with van der Waals surface area (Å²) in [5.74, 6) is 0. The minimum atomic E-state index is 0.473. The summed E-state index contributed by atoms with van der Waals surface area (Å²) >= 11 is 3.40. The fourth-order valence-corrected chi connectivity index (χ4v) is 1.51. The largest absolute Gasteiger partial charge is 0.198 e. The molecule has 0 aliphatic carbocycles. The number of aryl methyl sites for hydroxylation is 1. The first-order valence-corrected chi connectivity index (χ1v) is 4.15. The van der Waals surface area contributed by atoms with Crippen molar-refractivity contribution in [1.29, 1.82) is 5.26 Å². The van der Waals surface area contributed by atoms with Crippen molar-refractivity contribution in [3.8, 4) is 6.07 Å². The van der Waals surface area contributed by atoms with Gasteiger partial charge in [-0.15, -0.1) is 0 Å². The Labute approximate surface area is 74.8 Å². The molecule has 0 heterocycles. The Kier molecular flexibility index (Phi) is 2.67. The molecule has 2 heteroatoms. The quantitative estimate of drug-likeness (QED) is 0.699. The van der Waals surface area contributed by atoms with Crippen molar-refractivity contribution >= 4 is 15.9 Å². The van der Waals surface area contributed by atoms with E-state index in [-0.39, 0.29) is 0 Å². The molecule has 1 aromatic rings. The van der Waals surface area contributed by atoms with Gasteiger partial charge in [-0.25, -0.2) is 0 Å². The van der Waals surface area contributed by atoms with Crippen molar-refractivity contribution in [2.45, 2.75) is 13.3 Å². The van der Waals surface area contributed by atoms with Gasteiger partial charge in [0.25, 0.3) is 0 Å². The number of benzene rings is 1. The molecule has 56 valence electrons. The van der Waals surface area contributed by atoms with Crippen LogP contribution in [0, 0.1) is 18.3 Å². The van der Waals surface area contributed by atoms with Gasteiger partial charge in [-0.1, -0.05) is 28.1 Å². The molecule has 0 N–H and O–H groups in total. The number of halogens is 1. The molecule has 0 aromatic heterocycles. The third-order valence-corrected chi connectivity index (χ3v) is 2.22. The number of hydrogen-bond donors (Lipinski definition) is 0. The van der Waals surface area contributed by atoms with E-state index < -0.39 is 0 Å². The normalized spacial score (nSPS) is 9.18. The second kappa shape index (κ2) is 3.54. The van der Waals surface area contributed by atoms with E-state index in [0.717, 1.165) is 10.0 Å². The van der Waals surface area contributed by atoms with E-state index in [4.69, 9.17) is 5.26 Å². The lowest BCUT2D eigenvalue weighted by atomic mass is 10.1. The van der Waals surface area contributed by atoms with Crippen LogP contribution in [-0.4, -0.2) is 0 Å². The zero-order valence-electron chi connectivity index (χ0n) is 6.26. The summed E-state index contributed by atoms with van der Waals surface area (Å²) in [6, 6.07) is 8.12. The Hall–Kier alpha value is -0.810. The summed E-state index contributed by atoms with van der Waals surface area (Å²) in [5.41, 5.74) is 2.26. The maximum Gasteiger partial charge on any atom is 0.0670 e. The Morgan fingerprint density at radius 3 is 2.82 bits per heavy atom. The Balaban J connectivity index is 3.01. The molecule has 0 saturated heterocycles. The van der Waals surface area contributed by atoms with Crippen molar-refractivity contribution < 1.29 is 0 Å². The van der Waals surface area contributed by atoms with E-state index in [9.17, 15) is 0 Å². The van der Waals surface area contributed by atoms with Crippen molar-refractivity contribution in [2.24, 2.45) is 0 Å². The number of nitrogens with zero attached hydrogens (tertiary/aromatic N) is 1. The van der Waals surface area contributed by atoms with Gasteiger partial charge in [-0.2, -0.15) is 5.26 Å². The molecule has 0 saturated carbocycles. The molecule has 0 aliphatic heterocycles. The van der Waals surface area contributed by atoms with Crippen LogP contribution in [0.5, 0.6) is 0 Å². The van der Waals surface area contributed by atoms with E-state index in [2.05, 4.69) is 22.0 Å². The highest BCUT2D eigenvalue weighted by Gasteiger charge is 1.97. The van der Waals surface area contributed by atoms with Gasteiger partial charge in [0.2, 0.25) is 0 Å². The summed E-state index contributed by atoms with van der Waals surface area (Å²) < 4.78 is 1.03. The van der Waals surface area contributed by atoms with Crippen LogP contribution in [0.4, 0.5) is 0 Å². The van der Waals surface area contributed by atoms with Crippen LogP contribution in [0.25, 0.3) is 0 Å². The van der Waals surface area contributed by atoms with E-state index in [1.54, 1.807) is 0 Å². The van der Waals surface area contributed by atoms with Gasteiger partial charge >= 0.3 is 0 Å². The van der Waals surface area contributed by atoms with E-state index in [1.165, 1.54) is 5.56 Å². The average Bonchev–Trinajstić information content (AvgIpc) is 1.95. The molecule has 0 radical (unpaired) electrons. The summed E-state index contributed by atoms with van der Waals surface area (Å²) in [4.78, 5) is 0. The first kappa shape index (κ1) is 8.29. The standard InChI is InChI=1S/C9H8BrN/c1-7-2-3-8(4-5-11)9(10)6-7/h2-3,6H,4H2,1H3. The van der Waals surface area contributed by atoms with Gasteiger partial charge in [0.1, 0.15) is 0 Å². The maximum absolute atomic E-state index is 8.44. The second-order valence-electron chi connectivity index (χ2n) is 2.43. The first-order chi connectivity index (χ1) is 5.24. The van der Waals surface area contributed by atoms with Crippen molar-refractivity contribution in [2.75, 3.05) is 0 Å². The second-order valence-corrected chi connectivity index (χ2v) is 3.28. The number of rotatable bonds is 1. The van der Waals surface area contributed by atoms with E-state index >= 15 is 0 Å². The fourth-order valence-electron chi connectivity index (χ4n) is 0.881. The molecule has 11 heavy (non-hydrogen) atoms. The van der Waals surface area contributed by atoms with Gasteiger partial charge in [0.15, 0.2) is 0 Å². The van der Waals surface area contributed by atoms with Crippen LogP contribution in [0.3, 0.4) is 0 Å². The predicted molar refractivity (Wildman–Crippen MR) is 48.2 cm³/mol. The molecule has 0 atom stereocenters. The molecule has 1 nitrogen and oxygen atoms in total. The zero-order valence-corrected chi connectivity index (χ0v) is 7.85. The summed E-state index contributed by atoms with van der Waals surface area (Å²) in [6.07, 6.45) is 0.473. The van der Waals surface area contributed by atoms with Crippen LogP contribution in [0.1, 0.15) is 11.1 Å². The number of hydrogen-bond acceptors (Lipinski definition) is 1. The van der Waals surface area contributed by atoms with E-state index in [0.29, 0.717) is 6.42 Å². The molecule has 0 unspecified atom stereocenters. The predicted octanol–water partition coefficient (Wildman–Crippen LogP) is 2.82. The smallest absolute Gasteiger partial charge is 0.0670 e. The average molecular weight is 210 g/mol. The zero-order chi connectivity index (χ0) is 8.27. The monoisotopic (exact) mass is 209 g/mol. The lowest BCUT2D eigenvalue weighted by Gasteiger charge is -1.99. The fraction of sp³-hybridized carbons (Fsp3) is 0.222. The molecule has 0 amide bonds. The molecule has 0 fully saturated rings. The molecule has 1 aromatic carbocycles. The summed E-state index contributed by atoms with van der Waals surface area (Å²) in [7, 11) is 0. The van der Waals surface area contributed by atoms with Crippen molar-refractivity contribution in [3.63, 3.8) is 0 Å². The SMILES string of the molecule is Cc1ccc(CC#N)c(Br)c1. The van der Waals surface area contributed by atoms with Crippen molar-refractivity contribution in [3.05, 3.63) is 33.8 Å². The molecule has 1 rings (SSSR count).